The second-order valence-electron chi connectivity index (χ2n) is 4.65. The van der Waals surface area contributed by atoms with Gasteiger partial charge in [0, 0.05) is 11.6 Å². The fourth-order valence-corrected chi connectivity index (χ4v) is 1.71. The third-order valence-electron chi connectivity index (χ3n) is 2.59. The normalized spacial score (nSPS) is 18.9. The molecule has 1 aliphatic rings. The van der Waals surface area contributed by atoms with E-state index in [9.17, 15) is 9.90 Å². The molecular formula is C12H14N2O2. The fourth-order valence-electron chi connectivity index (χ4n) is 1.71. The van der Waals surface area contributed by atoms with Gasteiger partial charge >= 0.3 is 0 Å². The van der Waals surface area contributed by atoms with E-state index in [1.807, 2.05) is 12.2 Å². The van der Waals surface area contributed by atoms with Crippen LogP contribution in [0.2, 0.25) is 0 Å². The van der Waals surface area contributed by atoms with E-state index < -0.39 is 0 Å². The summed E-state index contributed by atoms with van der Waals surface area (Å²) in [7, 11) is 0. The van der Waals surface area contributed by atoms with Crippen molar-refractivity contribution in [3.8, 4) is 0 Å². The van der Waals surface area contributed by atoms with E-state index in [-0.39, 0.29) is 16.7 Å². The second kappa shape index (κ2) is 3.63. The van der Waals surface area contributed by atoms with Crippen LogP contribution in [-0.2, 0) is 0 Å². The van der Waals surface area contributed by atoms with Crippen LogP contribution in [0, 0.1) is 5.41 Å². The molecule has 0 bridgehead atoms. The van der Waals surface area contributed by atoms with Crippen LogP contribution in [0.25, 0.3) is 5.57 Å². The average Bonchev–Trinajstić information content (AvgIpc) is 2.19. The molecule has 0 fully saturated rings. The Labute approximate surface area is 93.3 Å². The number of aromatic amines is 1. The molecule has 0 amide bonds. The van der Waals surface area contributed by atoms with Gasteiger partial charge in [0.25, 0.3) is 5.56 Å². The van der Waals surface area contributed by atoms with Gasteiger partial charge in [-0.05, 0) is 24.0 Å². The van der Waals surface area contributed by atoms with E-state index in [1.54, 1.807) is 6.07 Å². The number of hydrogen-bond donors (Lipinski definition) is 2. The topological polar surface area (TPSA) is 66.0 Å². The first kappa shape index (κ1) is 10.7. The van der Waals surface area contributed by atoms with Gasteiger partial charge < -0.3 is 5.11 Å². The van der Waals surface area contributed by atoms with Crippen LogP contribution in [0.3, 0.4) is 0 Å². The van der Waals surface area contributed by atoms with Crippen molar-refractivity contribution in [3.63, 3.8) is 0 Å². The Kier molecular flexibility index (Phi) is 2.42. The molecule has 2 N–H and O–H groups in total. The molecule has 0 saturated carbocycles. The minimum absolute atomic E-state index is 0.0320. The van der Waals surface area contributed by atoms with Crippen molar-refractivity contribution >= 4 is 5.57 Å². The summed E-state index contributed by atoms with van der Waals surface area (Å²) in [6, 6.07) is 3.00. The summed E-state index contributed by atoms with van der Waals surface area (Å²) in [6.45, 7) is 4.10. The molecule has 84 valence electrons. The predicted molar refractivity (Wildman–Crippen MR) is 61.9 cm³/mol. The molecule has 0 aliphatic heterocycles. The van der Waals surface area contributed by atoms with Gasteiger partial charge in [-0.15, -0.1) is 0 Å². The minimum atomic E-state index is -0.246. The summed E-state index contributed by atoms with van der Waals surface area (Å²) in [5.74, 6) is 0.218. The summed E-state index contributed by atoms with van der Waals surface area (Å²) in [4.78, 5) is 10.9. The molecular weight excluding hydrogens is 204 g/mol. The Morgan fingerprint density at radius 2 is 2.19 bits per heavy atom. The first-order chi connectivity index (χ1) is 7.48. The number of nitrogens with zero attached hydrogens (tertiary/aromatic N) is 1. The van der Waals surface area contributed by atoms with Gasteiger partial charge in [-0.1, -0.05) is 19.9 Å². The Morgan fingerprint density at radius 1 is 1.44 bits per heavy atom. The lowest BCUT2D eigenvalue weighted by molar-refractivity contribution is 0.394. The highest BCUT2D eigenvalue weighted by Crippen LogP contribution is 2.34. The van der Waals surface area contributed by atoms with Crippen LogP contribution >= 0.6 is 0 Å². The second-order valence-corrected chi connectivity index (χ2v) is 4.65. The zero-order valence-electron chi connectivity index (χ0n) is 9.32. The van der Waals surface area contributed by atoms with Crippen LogP contribution in [-0.4, -0.2) is 15.3 Å². The van der Waals surface area contributed by atoms with Gasteiger partial charge in [0.15, 0.2) is 0 Å². The molecule has 0 radical (unpaired) electrons. The van der Waals surface area contributed by atoms with Gasteiger partial charge in [-0.3, -0.25) is 4.79 Å². The molecule has 16 heavy (non-hydrogen) atoms. The van der Waals surface area contributed by atoms with Crippen molar-refractivity contribution in [2.45, 2.75) is 20.3 Å². The lowest BCUT2D eigenvalue weighted by atomic mass is 9.82. The zero-order chi connectivity index (χ0) is 11.8. The highest BCUT2D eigenvalue weighted by molar-refractivity contribution is 5.75. The SMILES string of the molecule is CC1(C)C=C(O)C(c2ccc(=O)[nH]n2)=CC1. The number of allylic oxidation sites excluding steroid dienone is 3. The standard InChI is InChI=1S/C12H14N2O2/c1-12(2)6-5-8(10(15)7-12)9-3-4-11(16)14-13-9/h3-5,7,15H,6H2,1-2H3,(H,14,16). The van der Waals surface area contributed by atoms with Gasteiger partial charge in [-0.2, -0.15) is 5.10 Å². The van der Waals surface area contributed by atoms with Gasteiger partial charge in [-0.25, -0.2) is 5.10 Å². The maximum atomic E-state index is 10.9. The molecule has 0 saturated heterocycles. The monoisotopic (exact) mass is 218 g/mol. The van der Waals surface area contributed by atoms with Crippen LogP contribution in [0.15, 0.2) is 34.8 Å². The fraction of sp³-hybridized carbons (Fsp3) is 0.333. The number of aliphatic hydroxyl groups is 1. The van der Waals surface area contributed by atoms with Gasteiger partial charge in [0.1, 0.15) is 5.76 Å². The smallest absolute Gasteiger partial charge is 0.264 e. The molecule has 2 rings (SSSR count). The molecule has 0 spiro atoms. The van der Waals surface area contributed by atoms with Gasteiger partial charge in [0.05, 0.1) is 5.69 Å². The molecule has 0 atom stereocenters. The van der Waals surface area contributed by atoms with Crippen LogP contribution in [0.4, 0.5) is 0 Å². The van der Waals surface area contributed by atoms with E-state index in [2.05, 4.69) is 24.0 Å². The quantitative estimate of drug-likeness (QED) is 0.757. The first-order valence-corrected chi connectivity index (χ1v) is 5.16. The lowest BCUT2D eigenvalue weighted by Crippen LogP contribution is -2.14. The average molecular weight is 218 g/mol. The number of hydrogen-bond acceptors (Lipinski definition) is 3. The number of aliphatic hydroxyl groups excluding tert-OH is 1. The maximum absolute atomic E-state index is 10.9. The zero-order valence-corrected chi connectivity index (χ0v) is 9.32. The van der Waals surface area contributed by atoms with E-state index in [4.69, 9.17) is 0 Å². The van der Waals surface area contributed by atoms with Crippen molar-refractivity contribution in [2.24, 2.45) is 5.41 Å². The predicted octanol–water partition coefficient (Wildman–Crippen LogP) is 2.03. The Balaban J connectivity index is 2.38. The summed E-state index contributed by atoms with van der Waals surface area (Å²) in [5, 5.41) is 16.1. The molecule has 1 aromatic heterocycles. The Morgan fingerprint density at radius 3 is 2.75 bits per heavy atom. The number of rotatable bonds is 1. The van der Waals surface area contributed by atoms with E-state index in [0.29, 0.717) is 11.3 Å². The molecule has 1 aliphatic carbocycles. The molecule has 4 nitrogen and oxygen atoms in total. The van der Waals surface area contributed by atoms with Crippen molar-refractivity contribution in [1.29, 1.82) is 0 Å². The van der Waals surface area contributed by atoms with Crippen molar-refractivity contribution in [2.75, 3.05) is 0 Å². The maximum Gasteiger partial charge on any atom is 0.264 e. The molecule has 0 unspecified atom stereocenters. The highest BCUT2D eigenvalue weighted by Gasteiger charge is 2.22. The molecule has 0 aromatic carbocycles. The van der Waals surface area contributed by atoms with Crippen LogP contribution in [0.5, 0.6) is 0 Å². The summed E-state index contributed by atoms with van der Waals surface area (Å²) in [6.07, 6.45) is 4.60. The van der Waals surface area contributed by atoms with Crippen molar-refractivity contribution in [3.05, 3.63) is 46.1 Å². The summed E-state index contributed by atoms with van der Waals surface area (Å²) in [5.41, 5.74) is 0.985. The highest BCUT2D eigenvalue weighted by atomic mass is 16.3. The van der Waals surface area contributed by atoms with Crippen molar-refractivity contribution in [1.82, 2.24) is 10.2 Å². The lowest BCUT2D eigenvalue weighted by Gasteiger charge is -2.24. The van der Waals surface area contributed by atoms with Crippen LogP contribution < -0.4 is 5.56 Å². The third-order valence-corrected chi connectivity index (χ3v) is 2.59. The number of nitrogens with one attached hydrogen (secondary N) is 1. The van der Waals surface area contributed by atoms with E-state index in [1.165, 1.54) is 6.07 Å². The number of H-pyrrole nitrogens is 1. The van der Waals surface area contributed by atoms with E-state index >= 15 is 0 Å². The molecule has 1 heterocycles. The largest absolute Gasteiger partial charge is 0.508 e. The minimum Gasteiger partial charge on any atom is -0.508 e. The van der Waals surface area contributed by atoms with Gasteiger partial charge in [0.2, 0.25) is 0 Å². The Bertz CT molecular complexity index is 504. The van der Waals surface area contributed by atoms with Crippen LogP contribution in [0.1, 0.15) is 26.0 Å². The van der Waals surface area contributed by atoms with Crippen molar-refractivity contribution < 1.29 is 5.11 Å². The molecule has 1 aromatic rings. The van der Waals surface area contributed by atoms with E-state index in [0.717, 1.165) is 6.42 Å². The Hall–Kier alpha value is -1.84. The third kappa shape index (κ3) is 2.05. The first-order valence-electron chi connectivity index (χ1n) is 5.16. The number of aromatic nitrogens is 2. The molecule has 4 heteroatoms. The summed E-state index contributed by atoms with van der Waals surface area (Å²) >= 11 is 0. The summed E-state index contributed by atoms with van der Waals surface area (Å²) < 4.78 is 0.